The van der Waals surface area contributed by atoms with E-state index in [9.17, 15) is 8.42 Å². The molecule has 1 N–H and O–H groups in total. The lowest BCUT2D eigenvalue weighted by molar-refractivity contribution is 0.441. The molecular weight excluding hydrogens is 258 g/mol. The van der Waals surface area contributed by atoms with Gasteiger partial charge >= 0.3 is 0 Å². The van der Waals surface area contributed by atoms with Crippen LogP contribution in [0, 0.1) is 5.92 Å². The smallest absolute Gasteiger partial charge is 0.178 e. The summed E-state index contributed by atoms with van der Waals surface area (Å²) in [6.45, 7) is 6.09. The van der Waals surface area contributed by atoms with Crippen molar-refractivity contribution in [3.8, 4) is 0 Å². The van der Waals surface area contributed by atoms with E-state index in [1.807, 2.05) is 19.2 Å². The summed E-state index contributed by atoms with van der Waals surface area (Å²) in [5, 5.41) is 3.32. The quantitative estimate of drug-likeness (QED) is 0.837. The van der Waals surface area contributed by atoms with Gasteiger partial charge in [0.05, 0.1) is 10.6 Å². The molecule has 1 aromatic rings. The molecule has 1 aromatic carbocycles. The summed E-state index contributed by atoms with van der Waals surface area (Å²) in [6, 6.07) is 7.72. The summed E-state index contributed by atoms with van der Waals surface area (Å²) in [4.78, 5) is 0.420. The third-order valence-corrected chi connectivity index (χ3v) is 5.06. The molecule has 0 saturated carbocycles. The van der Waals surface area contributed by atoms with Crippen LogP contribution < -0.4 is 5.32 Å². The second-order valence-electron chi connectivity index (χ2n) is 5.37. The number of hydrogen-bond donors (Lipinski definition) is 1. The summed E-state index contributed by atoms with van der Waals surface area (Å²) in [5.74, 6) is 0.802. The van der Waals surface area contributed by atoms with E-state index in [-0.39, 0.29) is 5.75 Å². The van der Waals surface area contributed by atoms with Crippen LogP contribution in [0.3, 0.4) is 0 Å². The van der Waals surface area contributed by atoms with Gasteiger partial charge in [-0.15, -0.1) is 0 Å². The zero-order chi connectivity index (χ0) is 14.5. The second kappa shape index (κ2) is 7.06. The molecule has 0 fully saturated rings. The fourth-order valence-electron chi connectivity index (χ4n) is 2.16. The summed E-state index contributed by atoms with van der Waals surface area (Å²) in [6.07, 6.45) is 2.05. The first-order valence-corrected chi connectivity index (χ1v) is 8.53. The van der Waals surface area contributed by atoms with Gasteiger partial charge in [-0.05, 0) is 43.5 Å². The number of hydrogen-bond acceptors (Lipinski definition) is 3. The summed E-state index contributed by atoms with van der Waals surface area (Å²) >= 11 is 0. The Morgan fingerprint density at radius 3 is 2.16 bits per heavy atom. The molecule has 1 atom stereocenters. The van der Waals surface area contributed by atoms with Crippen molar-refractivity contribution in [2.45, 2.75) is 44.6 Å². The van der Waals surface area contributed by atoms with E-state index >= 15 is 0 Å². The lowest BCUT2D eigenvalue weighted by Gasteiger charge is -2.18. The summed E-state index contributed by atoms with van der Waals surface area (Å²) in [7, 11) is -1.11. The summed E-state index contributed by atoms with van der Waals surface area (Å²) in [5.41, 5.74) is 1.18. The van der Waals surface area contributed by atoms with Crippen molar-refractivity contribution in [2.24, 2.45) is 5.92 Å². The Balaban J connectivity index is 2.76. The Kier molecular flexibility index (Phi) is 6.01. The predicted molar refractivity (Wildman–Crippen MR) is 80.2 cm³/mol. The van der Waals surface area contributed by atoms with Crippen LogP contribution in [0.1, 0.15) is 32.8 Å². The lowest BCUT2D eigenvalue weighted by Crippen LogP contribution is -2.29. The number of benzene rings is 1. The van der Waals surface area contributed by atoms with E-state index in [1.54, 1.807) is 19.1 Å². The van der Waals surface area contributed by atoms with E-state index in [0.717, 1.165) is 12.8 Å². The van der Waals surface area contributed by atoms with Crippen LogP contribution in [0.5, 0.6) is 0 Å². The molecule has 0 aliphatic heterocycles. The van der Waals surface area contributed by atoms with E-state index < -0.39 is 9.84 Å². The molecule has 3 nitrogen and oxygen atoms in total. The van der Waals surface area contributed by atoms with Crippen LogP contribution in [0.25, 0.3) is 0 Å². The van der Waals surface area contributed by atoms with Crippen molar-refractivity contribution in [2.75, 3.05) is 12.8 Å². The molecule has 0 amide bonds. The minimum absolute atomic E-state index is 0.152. The van der Waals surface area contributed by atoms with Crippen molar-refractivity contribution in [1.29, 1.82) is 0 Å². The van der Waals surface area contributed by atoms with Crippen molar-refractivity contribution in [3.63, 3.8) is 0 Å². The van der Waals surface area contributed by atoms with E-state index in [0.29, 0.717) is 16.9 Å². The molecular formula is C15H25NO2S. The van der Waals surface area contributed by atoms with Crippen LogP contribution in [0.4, 0.5) is 0 Å². The van der Waals surface area contributed by atoms with Gasteiger partial charge in [-0.3, -0.25) is 0 Å². The Morgan fingerprint density at radius 1 is 1.16 bits per heavy atom. The highest BCUT2D eigenvalue weighted by atomic mass is 32.2. The Hall–Kier alpha value is -0.870. The maximum atomic E-state index is 11.7. The number of rotatable bonds is 7. The first-order valence-electron chi connectivity index (χ1n) is 6.88. The van der Waals surface area contributed by atoms with Crippen LogP contribution >= 0.6 is 0 Å². The van der Waals surface area contributed by atoms with Gasteiger partial charge in [0.15, 0.2) is 9.84 Å². The van der Waals surface area contributed by atoms with Gasteiger partial charge in [0, 0.05) is 6.04 Å². The first kappa shape index (κ1) is 16.2. The molecule has 108 valence electrons. The Morgan fingerprint density at radius 2 is 1.74 bits per heavy atom. The molecule has 0 radical (unpaired) electrons. The van der Waals surface area contributed by atoms with Crippen molar-refractivity contribution >= 4 is 9.84 Å². The van der Waals surface area contributed by atoms with Gasteiger partial charge in [0.1, 0.15) is 0 Å². The monoisotopic (exact) mass is 283 g/mol. The van der Waals surface area contributed by atoms with Gasteiger partial charge in [-0.1, -0.05) is 32.9 Å². The number of sulfone groups is 1. The molecule has 4 heteroatoms. The minimum atomic E-state index is -3.08. The largest absolute Gasteiger partial charge is 0.317 e. The van der Waals surface area contributed by atoms with E-state index in [4.69, 9.17) is 0 Å². The maximum Gasteiger partial charge on any atom is 0.178 e. The highest BCUT2D eigenvalue weighted by molar-refractivity contribution is 7.91. The Bertz CT molecular complexity index is 477. The summed E-state index contributed by atoms with van der Waals surface area (Å²) < 4.78 is 23.4. The normalized spacial score (nSPS) is 13.7. The molecule has 19 heavy (non-hydrogen) atoms. The zero-order valence-electron chi connectivity index (χ0n) is 12.3. The first-order chi connectivity index (χ1) is 8.89. The zero-order valence-corrected chi connectivity index (χ0v) is 13.1. The van der Waals surface area contributed by atoms with Crippen LogP contribution in [-0.4, -0.2) is 27.3 Å². The molecule has 0 aliphatic carbocycles. The van der Waals surface area contributed by atoms with Crippen LogP contribution in [-0.2, 0) is 16.3 Å². The number of likely N-dealkylation sites (N-methyl/N-ethyl adjacent to an activating group) is 1. The van der Waals surface area contributed by atoms with Gasteiger partial charge in [-0.2, -0.15) is 0 Å². The molecule has 0 spiro atoms. The van der Waals surface area contributed by atoms with Crippen molar-refractivity contribution < 1.29 is 8.42 Å². The highest BCUT2D eigenvalue weighted by Gasteiger charge is 2.13. The third-order valence-electron chi connectivity index (χ3n) is 3.31. The standard InChI is InChI=1S/C15H25NO2S/c1-5-19(17,18)15-8-6-13(7-9-15)11-14(16-4)10-12(2)3/h6-9,12,14,16H,5,10-11H2,1-4H3. The third kappa shape index (κ3) is 4.96. The predicted octanol–water partition coefficient (Wildman–Crippen LogP) is 2.66. The van der Waals surface area contributed by atoms with Gasteiger partial charge in [0.2, 0.25) is 0 Å². The van der Waals surface area contributed by atoms with Gasteiger partial charge in [0.25, 0.3) is 0 Å². The lowest BCUT2D eigenvalue weighted by atomic mass is 9.97. The van der Waals surface area contributed by atoms with Gasteiger partial charge in [-0.25, -0.2) is 8.42 Å². The molecule has 0 saturated heterocycles. The molecule has 0 heterocycles. The van der Waals surface area contributed by atoms with E-state index in [2.05, 4.69) is 19.2 Å². The molecule has 0 aliphatic rings. The Labute approximate surface area is 117 Å². The van der Waals surface area contributed by atoms with Gasteiger partial charge < -0.3 is 5.32 Å². The maximum absolute atomic E-state index is 11.7. The molecule has 0 aromatic heterocycles. The topological polar surface area (TPSA) is 46.2 Å². The van der Waals surface area contributed by atoms with Crippen LogP contribution in [0.15, 0.2) is 29.2 Å². The SMILES string of the molecule is CCS(=O)(=O)c1ccc(CC(CC(C)C)NC)cc1. The van der Waals surface area contributed by atoms with Crippen molar-refractivity contribution in [1.82, 2.24) is 5.32 Å². The average molecular weight is 283 g/mol. The minimum Gasteiger partial charge on any atom is -0.317 e. The molecule has 0 bridgehead atoms. The molecule has 1 rings (SSSR count). The highest BCUT2D eigenvalue weighted by Crippen LogP contribution is 2.15. The fourth-order valence-corrected chi connectivity index (χ4v) is 3.04. The van der Waals surface area contributed by atoms with Crippen LogP contribution in [0.2, 0.25) is 0 Å². The number of nitrogens with one attached hydrogen (secondary N) is 1. The van der Waals surface area contributed by atoms with E-state index in [1.165, 1.54) is 5.56 Å². The fraction of sp³-hybridized carbons (Fsp3) is 0.600. The second-order valence-corrected chi connectivity index (χ2v) is 7.64. The average Bonchev–Trinajstić information content (AvgIpc) is 2.38. The molecule has 1 unspecified atom stereocenters. The van der Waals surface area contributed by atoms with Crippen molar-refractivity contribution in [3.05, 3.63) is 29.8 Å².